The average Bonchev–Trinajstić information content (AvgIpc) is 3.45. The molecule has 0 fully saturated rings. The molecule has 0 spiro atoms. The maximum atomic E-state index is 12.1. The van der Waals surface area contributed by atoms with Gasteiger partial charge in [0.05, 0.1) is 11.0 Å². The zero-order valence-corrected chi connectivity index (χ0v) is 18.8. The minimum Gasteiger partial charge on any atom is -0.486 e. The Balaban J connectivity index is 1.22. The molecule has 1 aliphatic heterocycles. The molecule has 1 aromatic carbocycles. The van der Waals surface area contributed by atoms with Gasteiger partial charge in [-0.25, -0.2) is 4.98 Å². The van der Waals surface area contributed by atoms with E-state index in [1.165, 1.54) is 0 Å². The summed E-state index contributed by atoms with van der Waals surface area (Å²) < 4.78 is 13.4. The van der Waals surface area contributed by atoms with Crippen LogP contribution in [0.5, 0.6) is 11.5 Å². The second kappa shape index (κ2) is 9.12. The molecule has 8 nitrogen and oxygen atoms in total. The first kappa shape index (κ1) is 20.7. The molecule has 0 amide bonds. The Kier molecular flexibility index (Phi) is 5.89. The number of aryl methyl sites for hydroxylation is 1. The molecular formula is C23H25N5O3S. The molecule has 0 saturated heterocycles. The number of nitrogens with one attached hydrogen (secondary N) is 1. The van der Waals surface area contributed by atoms with Crippen molar-refractivity contribution in [1.82, 2.24) is 19.6 Å². The summed E-state index contributed by atoms with van der Waals surface area (Å²) in [5.74, 6) is 3.22. The van der Waals surface area contributed by atoms with Crippen molar-refractivity contribution in [3.63, 3.8) is 0 Å². The highest BCUT2D eigenvalue weighted by Gasteiger charge is 2.18. The van der Waals surface area contributed by atoms with Crippen LogP contribution in [-0.4, -0.2) is 45.1 Å². The van der Waals surface area contributed by atoms with E-state index in [-0.39, 0.29) is 0 Å². The molecule has 0 atom stereocenters. The maximum Gasteiger partial charge on any atom is 0.204 e. The van der Waals surface area contributed by atoms with Crippen LogP contribution in [-0.2, 0) is 11.2 Å². The van der Waals surface area contributed by atoms with Crippen LogP contribution in [0.25, 0.3) is 16.7 Å². The Morgan fingerprint density at radius 3 is 2.81 bits per heavy atom. The molecule has 0 bridgehead atoms. The number of thiophene rings is 1. The lowest BCUT2D eigenvalue weighted by Gasteiger charge is -2.19. The van der Waals surface area contributed by atoms with Crippen LogP contribution < -0.4 is 14.8 Å². The number of aromatic nitrogens is 4. The fraction of sp³-hybridized carbons (Fsp3) is 0.391. The van der Waals surface area contributed by atoms with E-state index < -0.39 is 0 Å². The van der Waals surface area contributed by atoms with E-state index in [1.54, 1.807) is 11.3 Å². The molecule has 0 unspecified atom stereocenters. The van der Waals surface area contributed by atoms with Crippen molar-refractivity contribution < 1.29 is 14.3 Å². The number of unbranched alkanes of at least 4 members (excludes halogenated alkanes) is 2. The number of anilines is 1. The van der Waals surface area contributed by atoms with Crippen LogP contribution in [0.3, 0.4) is 0 Å². The predicted octanol–water partition coefficient (Wildman–Crippen LogP) is 4.20. The highest BCUT2D eigenvalue weighted by Crippen LogP contribution is 2.35. The van der Waals surface area contributed by atoms with E-state index >= 15 is 0 Å². The Hall–Kier alpha value is -3.20. The minimum atomic E-state index is 0.312. The molecular weight excluding hydrogens is 426 g/mol. The number of Topliss-reactive ketones (excluding diaryl/α,β-unsaturated/α-hetero) is 1. The monoisotopic (exact) mass is 451 g/mol. The third-order valence-corrected chi connectivity index (χ3v) is 6.40. The van der Waals surface area contributed by atoms with Crippen molar-refractivity contribution in [3.8, 4) is 11.5 Å². The number of ether oxygens (including phenoxy) is 2. The van der Waals surface area contributed by atoms with Gasteiger partial charge in [-0.2, -0.15) is 0 Å². The first-order chi connectivity index (χ1) is 15.7. The number of carbonyl (C=O) groups excluding carboxylic acids is 1. The maximum absolute atomic E-state index is 12.1. The van der Waals surface area contributed by atoms with Crippen molar-refractivity contribution in [2.45, 2.75) is 39.0 Å². The molecule has 0 saturated carbocycles. The third-order valence-electron chi connectivity index (χ3n) is 5.53. The zero-order chi connectivity index (χ0) is 21.9. The Bertz CT molecular complexity index is 1250. The van der Waals surface area contributed by atoms with Gasteiger partial charge in [0.15, 0.2) is 17.3 Å². The van der Waals surface area contributed by atoms with Gasteiger partial charge in [0.25, 0.3) is 0 Å². The normalized spacial score (nSPS) is 13.0. The molecule has 0 aliphatic carbocycles. The van der Waals surface area contributed by atoms with E-state index in [2.05, 4.69) is 15.5 Å². The number of carbonyl (C=O) groups is 1. The average molecular weight is 452 g/mol. The Morgan fingerprint density at radius 1 is 1.16 bits per heavy atom. The van der Waals surface area contributed by atoms with Gasteiger partial charge in [0.2, 0.25) is 5.65 Å². The van der Waals surface area contributed by atoms with Gasteiger partial charge in [0, 0.05) is 36.4 Å². The van der Waals surface area contributed by atoms with E-state index in [1.807, 2.05) is 41.0 Å². The second-order valence-corrected chi connectivity index (χ2v) is 8.92. The van der Waals surface area contributed by atoms with Crippen molar-refractivity contribution in [2.75, 3.05) is 25.1 Å². The molecule has 0 radical (unpaired) electrons. The lowest BCUT2D eigenvalue weighted by molar-refractivity contribution is -0.118. The van der Waals surface area contributed by atoms with Crippen molar-refractivity contribution >= 4 is 39.6 Å². The summed E-state index contributed by atoms with van der Waals surface area (Å²) in [7, 11) is 0. The molecule has 166 valence electrons. The fourth-order valence-electron chi connectivity index (χ4n) is 3.96. The highest BCUT2D eigenvalue weighted by molar-refractivity contribution is 7.10. The summed E-state index contributed by atoms with van der Waals surface area (Å²) in [6.07, 6.45) is 4.02. The van der Waals surface area contributed by atoms with Crippen LogP contribution in [0.1, 0.15) is 36.4 Å². The SMILES string of the molecule is Cc1nnc2c(NCCCCCC(=O)Cc3cccs3)nc3cc4c(cc3n12)OCCO4. The largest absolute Gasteiger partial charge is 0.486 e. The van der Waals surface area contributed by atoms with Gasteiger partial charge in [-0.05, 0) is 31.2 Å². The minimum absolute atomic E-state index is 0.312. The lowest BCUT2D eigenvalue weighted by atomic mass is 10.1. The van der Waals surface area contributed by atoms with Crippen molar-refractivity contribution in [1.29, 1.82) is 0 Å². The summed E-state index contributed by atoms with van der Waals surface area (Å²) in [6.45, 7) is 3.75. The first-order valence-electron chi connectivity index (χ1n) is 10.9. The molecule has 3 aromatic heterocycles. The van der Waals surface area contributed by atoms with Crippen LogP contribution in [0.15, 0.2) is 29.6 Å². The third kappa shape index (κ3) is 4.25. The molecule has 4 heterocycles. The van der Waals surface area contributed by atoms with Gasteiger partial charge >= 0.3 is 0 Å². The quantitative estimate of drug-likeness (QED) is 0.381. The van der Waals surface area contributed by atoms with E-state index in [9.17, 15) is 4.79 Å². The first-order valence-corrected chi connectivity index (χ1v) is 11.8. The number of benzene rings is 1. The van der Waals surface area contributed by atoms with E-state index in [0.29, 0.717) is 54.8 Å². The predicted molar refractivity (Wildman–Crippen MR) is 124 cm³/mol. The molecule has 5 rings (SSSR count). The Morgan fingerprint density at radius 2 is 2.00 bits per heavy atom. The van der Waals surface area contributed by atoms with E-state index in [4.69, 9.17) is 14.5 Å². The molecule has 9 heteroatoms. The van der Waals surface area contributed by atoms with Gasteiger partial charge < -0.3 is 14.8 Å². The zero-order valence-electron chi connectivity index (χ0n) is 18.0. The summed E-state index contributed by atoms with van der Waals surface area (Å²) in [4.78, 5) is 18.0. The molecule has 32 heavy (non-hydrogen) atoms. The fourth-order valence-corrected chi connectivity index (χ4v) is 4.69. The number of fused-ring (bicyclic) bond motifs is 4. The summed E-state index contributed by atoms with van der Waals surface area (Å²) in [5.41, 5.74) is 2.38. The molecule has 1 aliphatic rings. The molecule has 1 N–H and O–H groups in total. The number of nitrogens with zero attached hydrogens (tertiary/aromatic N) is 4. The van der Waals surface area contributed by atoms with Crippen LogP contribution >= 0.6 is 11.3 Å². The Labute approximate surface area is 189 Å². The van der Waals surface area contributed by atoms with Crippen molar-refractivity contribution in [2.24, 2.45) is 0 Å². The highest BCUT2D eigenvalue weighted by atomic mass is 32.1. The number of hydrogen-bond acceptors (Lipinski definition) is 8. The number of hydrogen-bond donors (Lipinski definition) is 1. The van der Waals surface area contributed by atoms with E-state index in [0.717, 1.165) is 47.5 Å². The number of rotatable bonds is 9. The smallest absolute Gasteiger partial charge is 0.204 e. The summed E-state index contributed by atoms with van der Waals surface area (Å²) in [5, 5.41) is 14.0. The van der Waals surface area contributed by atoms with Crippen LogP contribution in [0.2, 0.25) is 0 Å². The number of ketones is 1. The second-order valence-electron chi connectivity index (χ2n) is 7.88. The van der Waals surface area contributed by atoms with Crippen LogP contribution in [0.4, 0.5) is 5.82 Å². The van der Waals surface area contributed by atoms with Gasteiger partial charge in [-0.15, -0.1) is 21.5 Å². The topological polar surface area (TPSA) is 90.6 Å². The van der Waals surface area contributed by atoms with Gasteiger partial charge in [0.1, 0.15) is 24.8 Å². The van der Waals surface area contributed by atoms with Crippen molar-refractivity contribution in [3.05, 3.63) is 40.3 Å². The summed E-state index contributed by atoms with van der Waals surface area (Å²) in [6, 6.07) is 7.86. The lowest BCUT2D eigenvalue weighted by Crippen LogP contribution is -2.15. The van der Waals surface area contributed by atoms with Gasteiger partial charge in [-0.1, -0.05) is 12.5 Å². The summed E-state index contributed by atoms with van der Waals surface area (Å²) >= 11 is 1.64. The van der Waals surface area contributed by atoms with Crippen LogP contribution in [0, 0.1) is 6.92 Å². The standard InChI is InChI=1S/C23H25N5O3S/c1-15-26-27-23-22(24-8-4-2-3-6-16(29)12-17-7-5-11-32-17)25-18-13-20-21(31-10-9-30-20)14-19(18)28(15)23/h5,7,11,13-14H,2-4,6,8-10,12H2,1H3,(H,24,25). The molecule has 4 aromatic rings. The van der Waals surface area contributed by atoms with Gasteiger partial charge in [-0.3, -0.25) is 9.20 Å².